The second kappa shape index (κ2) is 8.67. The zero-order valence-electron chi connectivity index (χ0n) is 16.3. The third kappa shape index (κ3) is 4.60. The zero-order valence-corrected chi connectivity index (χ0v) is 18.0. The second-order valence-electron chi connectivity index (χ2n) is 6.42. The van der Waals surface area contributed by atoms with E-state index in [4.69, 9.17) is 4.74 Å². The Bertz CT molecular complexity index is 1060. The van der Waals surface area contributed by atoms with Crippen LogP contribution in [0.2, 0.25) is 0 Å². The molecule has 1 atom stereocenters. The van der Waals surface area contributed by atoms with Gasteiger partial charge in [-0.3, -0.25) is 9.10 Å². The molecule has 29 heavy (non-hydrogen) atoms. The van der Waals surface area contributed by atoms with Gasteiger partial charge in [0.15, 0.2) is 0 Å². The van der Waals surface area contributed by atoms with Gasteiger partial charge in [0.05, 0.1) is 18.8 Å². The van der Waals surface area contributed by atoms with E-state index in [0.29, 0.717) is 11.3 Å². The Morgan fingerprint density at radius 3 is 2.28 bits per heavy atom. The van der Waals surface area contributed by atoms with Gasteiger partial charge in [0, 0.05) is 12.6 Å². The Kier molecular flexibility index (Phi) is 6.24. The van der Waals surface area contributed by atoms with E-state index < -0.39 is 10.0 Å². The van der Waals surface area contributed by atoms with Crippen molar-refractivity contribution in [2.45, 2.75) is 17.2 Å². The number of anilines is 1. The van der Waals surface area contributed by atoms with E-state index in [1.807, 2.05) is 31.2 Å². The molecule has 8 heteroatoms. The van der Waals surface area contributed by atoms with Crippen molar-refractivity contribution in [1.29, 1.82) is 0 Å². The monoisotopic (exact) mass is 430 g/mol. The Labute approximate surface area is 174 Å². The number of sulfonamides is 1. The number of nitrogens with one attached hydrogen (secondary N) is 1. The Balaban J connectivity index is 1.69. The number of amides is 1. The van der Waals surface area contributed by atoms with Crippen molar-refractivity contribution in [1.82, 2.24) is 5.32 Å². The van der Waals surface area contributed by atoms with E-state index in [1.54, 1.807) is 48.9 Å². The number of carbonyl (C=O) groups is 1. The molecule has 0 bridgehead atoms. The van der Waals surface area contributed by atoms with Crippen LogP contribution in [0.3, 0.4) is 0 Å². The lowest BCUT2D eigenvalue weighted by Gasteiger charge is -2.19. The van der Waals surface area contributed by atoms with Crippen LogP contribution in [-0.4, -0.2) is 28.5 Å². The zero-order chi connectivity index (χ0) is 21.0. The largest absolute Gasteiger partial charge is 0.497 e. The molecule has 3 rings (SSSR count). The van der Waals surface area contributed by atoms with Gasteiger partial charge in [0.2, 0.25) is 0 Å². The van der Waals surface area contributed by atoms with Crippen molar-refractivity contribution in [2.75, 3.05) is 18.5 Å². The number of benzene rings is 2. The summed E-state index contributed by atoms with van der Waals surface area (Å²) in [5.41, 5.74) is 1.90. The van der Waals surface area contributed by atoms with Crippen LogP contribution >= 0.6 is 11.3 Å². The molecule has 0 fully saturated rings. The molecule has 6 nitrogen and oxygen atoms in total. The highest BCUT2D eigenvalue weighted by molar-refractivity contribution is 7.94. The first-order valence-electron chi connectivity index (χ1n) is 8.90. The fourth-order valence-corrected chi connectivity index (χ4v) is 5.12. The number of methoxy groups -OCH3 is 1. The minimum atomic E-state index is -3.60. The van der Waals surface area contributed by atoms with Crippen molar-refractivity contribution in [3.63, 3.8) is 0 Å². The third-order valence-corrected chi connectivity index (χ3v) is 7.72. The summed E-state index contributed by atoms with van der Waals surface area (Å²) in [5.74, 6) is 0.521. The molecule has 0 aliphatic heterocycles. The molecule has 1 N–H and O–H groups in total. The quantitative estimate of drug-likeness (QED) is 0.613. The van der Waals surface area contributed by atoms with Crippen LogP contribution in [0, 0.1) is 0 Å². The first kappa shape index (κ1) is 20.9. The Morgan fingerprint density at radius 1 is 1.07 bits per heavy atom. The topological polar surface area (TPSA) is 75.7 Å². The first-order chi connectivity index (χ1) is 13.8. The minimum Gasteiger partial charge on any atom is -0.497 e. The summed E-state index contributed by atoms with van der Waals surface area (Å²) in [5, 5.41) is 4.66. The molecular weight excluding hydrogens is 408 g/mol. The summed E-state index contributed by atoms with van der Waals surface area (Å²) in [6.07, 6.45) is 0. The Morgan fingerprint density at radius 2 is 1.72 bits per heavy atom. The van der Waals surface area contributed by atoms with Crippen LogP contribution in [0.5, 0.6) is 5.75 Å². The van der Waals surface area contributed by atoms with Gasteiger partial charge < -0.3 is 10.1 Å². The van der Waals surface area contributed by atoms with Gasteiger partial charge in [-0.15, -0.1) is 11.3 Å². The second-order valence-corrected chi connectivity index (χ2v) is 9.56. The molecule has 0 radical (unpaired) electrons. The fraction of sp³-hybridized carbons (Fsp3) is 0.190. The fourth-order valence-electron chi connectivity index (χ4n) is 2.76. The first-order valence-corrected chi connectivity index (χ1v) is 11.2. The van der Waals surface area contributed by atoms with Gasteiger partial charge in [-0.25, -0.2) is 8.42 Å². The molecule has 2 aromatic carbocycles. The van der Waals surface area contributed by atoms with Crippen molar-refractivity contribution in [3.8, 4) is 5.75 Å². The molecule has 0 unspecified atom stereocenters. The van der Waals surface area contributed by atoms with E-state index >= 15 is 0 Å². The van der Waals surface area contributed by atoms with Crippen molar-refractivity contribution < 1.29 is 17.9 Å². The maximum absolute atomic E-state index is 12.6. The summed E-state index contributed by atoms with van der Waals surface area (Å²) in [7, 11) is -0.501. The number of hydrogen-bond acceptors (Lipinski definition) is 5. The summed E-state index contributed by atoms with van der Waals surface area (Å²) < 4.78 is 31.8. The molecule has 1 aromatic heterocycles. The molecule has 152 valence electrons. The molecule has 0 spiro atoms. The van der Waals surface area contributed by atoms with Crippen LogP contribution in [0.1, 0.15) is 28.9 Å². The number of rotatable bonds is 7. The number of nitrogens with zero attached hydrogens (tertiary/aromatic N) is 1. The molecule has 0 aliphatic rings. The van der Waals surface area contributed by atoms with Crippen LogP contribution in [0.4, 0.5) is 5.69 Å². The normalized spacial score (nSPS) is 12.2. The van der Waals surface area contributed by atoms with Gasteiger partial charge in [0.25, 0.3) is 15.9 Å². The van der Waals surface area contributed by atoms with Crippen molar-refractivity contribution >= 4 is 33.0 Å². The minimum absolute atomic E-state index is 0.185. The van der Waals surface area contributed by atoms with E-state index in [2.05, 4.69) is 5.32 Å². The summed E-state index contributed by atoms with van der Waals surface area (Å²) in [6, 6.07) is 17.0. The summed E-state index contributed by atoms with van der Waals surface area (Å²) in [4.78, 5) is 12.6. The van der Waals surface area contributed by atoms with Crippen molar-refractivity contribution in [3.05, 3.63) is 77.2 Å². The van der Waals surface area contributed by atoms with E-state index in [9.17, 15) is 13.2 Å². The molecule has 0 aliphatic carbocycles. The van der Waals surface area contributed by atoms with Crippen LogP contribution in [-0.2, 0) is 10.0 Å². The van der Waals surface area contributed by atoms with Crippen LogP contribution in [0.15, 0.2) is 70.3 Å². The number of carbonyl (C=O) groups excluding carboxylic acids is 1. The lowest BCUT2D eigenvalue weighted by atomic mass is 10.1. The predicted molar refractivity (Wildman–Crippen MR) is 115 cm³/mol. The van der Waals surface area contributed by atoms with Gasteiger partial charge in [-0.05, 0) is 60.3 Å². The number of ether oxygens (including phenoxy) is 1. The molecule has 1 heterocycles. The highest BCUT2D eigenvalue weighted by Crippen LogP contribution is 2.25. The lowest BCUT2D eigenvalue weighted by molar-refractivity contribution is 0.0940. The van der Waals surface area contributed by atoms with Gasteiger partial charge in [-0.1, -0.05) is 18.2 Å². The number of hydrogen-bond donors (Lipinski definition) is 1. The average molecular weight is 431 g/mol. The smallest absolute Gasteiger partial charge is 0.273 e. The van der Waals surface area contributed by atoms with E-state index in [-0.39, 0.29) is 16.2 Å². The highest BCUT2D eigenvalue weighted by atomic mass is 32.2. The maximum atomic E-state index is 12.6. The van der Waals surface area contributed by atoms with E-state index in [1.165, 1.54) is 22.7 Å². The SMILES string of the molecule is COc1ccc([C@H](C)NC(=O)c2ccc(N(C)S(=O)(=O)c3cccs3)cc2)cc1. The Hall–Kier alpha value is -2.84. The third-order valence-electron chi connectivity index (χ3n) is 4.57. The summed E-state index contributed by atoms with van der Waals surface area (Å²) in [6.45, 7) is 1.90. The van der Waals surface area contributed by atoms with Crippen LogP contribution < -0.4 is 14.4 Å². The van der Waals surface area contributed by atoms with Gasteiger partial charge >= 0.3 is 0 Å². The molecule has 1 amide bonds. The number of thiophene rings is 1. The standard InChI is InChI=1S/C21H22N2O4S2/c1-15(16-8-12-19(27-3)13-9-16)22-21(24)17-6-10-18(11-7-17)23(2)29(25,26)20-5-4-14-28-20/h4-15H,1-3H3,(H,22,24)/t15-/m0/s1. The average Bonchev–Trinajstić information content (AvgIpc) is 3.29. The molecule has 0 saturated carbocycles. The highest BCUT2D eigenvalue weighted by Gasteiger charge is 2.22. The van der Waals surface area contributed by atoms with Crippen molar-refractivity contribution in [2.24, 2.45) is 0 Å². The lowest BCUT2D eigenvalue weighted by Crippen LogP contribution is -2.27. The predicted octanol–water partition coefficient (Wildman–Crippen LogP) is 4.07. The molecule has 3 aromatic rings. The van der Waals surface area contributed by atoms with E-state index in [0.717, 1.165) is 11.3 Å². The maximum Gasteiger partial charge on any atom is 0.273 e. The summed E-state index contributed by atoms with van der Waals surface area (Å²) >= 11 is 1.17. The van der Waals surface area contributed by atoms with Gasteiger partial charge in [-0.2, -0.15) is 0 Å². The molecule has 0 saturated heterocycles. The van der Waals surface area contributed by atoms with Gasteiger partial charge in [0.1, 0.15) is 9.96 Å². The van der Waals surface area contributed by atoms with Crippen LogP contribution in [0.25, 0.3) is 0 Å². The molecular formula is C21H22N2O4S2.